The Labute approximate surface area is 123 Å². The predicted octanol–water partition coefficient (Wildman–Crippen LogP) is 2.43. The minimum atomic E-state index is -1.07. The monoisotopic (exact) mass is 291 g/mol. The van der Waals surface area contributed by atoms with Crippen LogP contribution in [0.3, 0.4) is 0 Å². The maximum Gasteiger partial charge on any atom is 0.352 e. The number of rotatable bonds is 3. The van der Waals surface area contributed by atoms with E-state index in [1.807, 2.05) is 0 Å². The Balaban J connectivity index is 1.76. The van der Waals surface area contributed by atoms with Gasteiger partial charge in [0.25, 0.3) is 5.56 Å². The average Bonchev–Trinajstić information content (AvgIpc) is 2.84. The van der Waals surface area contributed by atoms with Crippen molar-refractivity contribution in [3.05, 3.63) is 34.2 Å². The Morgan fingerprint density at radius 1 is 1.29 bits per heavy atom. The van der Waals surface area contributed by atoms with Crippen LogP contribution in [0.4, 0.5) is 0 Å². The van der Waals surface area contributed by atoms with Crippen LogP contribution in [0.2, 0.25) is 0 Å². The Hall–Kier alpha value is -1.62. The van der Waals surface area contributed by atoms with Crippen LogP contribution in [0.1, 0.15) is 55.4 Å². The molecule has 1 N–H and O–H groups in total. The fourth-order valence-electron chi connectivity index (χ4n) is 3.69. The van der Waals surface area contributed by atoms with Gasteiger partial charge in [0.2, 0.25) is 0 Å². The van der Waals surface area contributed by atoms with Crippen LogP contribution in [0.5, 0.6) is 0 Å². The molecule has 3 rings (SSSR count). The Bertz CT molecular complexity index is 586. The molecule has 0 amide bonds. The van der Waals surface area contributed by atoms with Crippen molar-refractivity contribution in [2.24, 2.45) is 0 Å². The first-order valence-corrected chi connectivity index (χ1v) is 7.71. The zero-order valence-electron chi connectivity index (χ0n) is 12.1. The van der Waals surface area contributed by atoms with Crippen molar-refractivity contribution in [3.63, 3.8) is 0 Å². The first-order chi connectivity index (χ1) is 10.1. The van der Waals surface area contributed by atoms with Crippen LogP contribution in [-0.2, 0) is 11.3 Å². The average molecular weight is 291 g/mol. The lowest BCUT2D eigenvalue weighted by molar-refractivity contribution is -0.0683. The van der Waals surface area contributed by atoms with E-state index in [4.69, 9.17) is 4.74 Å². The molecule has 2 aliphatic rings. The predicted molar refractivity (Wildman–Crippen MR) is 77.6 cm³/mol. The molecular weight excluding hydrogens is 270 g/mol. The normalized spacial score (nSPS) is 24.3. The third-order valence-electron chi connectivity index (χ3n) is 4.76. The zero-order chi connectivity index (χ0) is 14.9. The van der Waals surface area contributed by atoms with Crippen LogP contribution >= 0.6 is 0 Å². The summed E-state index contributed by atoms with van der Waals surface area (Å²) in [6.07, 6.45) is 7.76. The van der Waals surface area contributed by atoms with E-state index in [1.54, 1.807) is 0 Å². The van der Waals surface area contributed by atoms with Gasteiger partial charge in [0.05, 0.1) is 18.2 Å². The van der Waals surface area contributed by atoms with Gasteiger partial charge in [0.1, 0.15) is 5.69 Å². The molecule has 2 heterocycles. The molecular formula is C16H21NO4. The molecule has 114 valence electrons. The highest BCUT2D eigenvalue weighted by Gasteiger charge is 2.41. The number of aromatic nitrogens is 1. The number of nitrogens with zero attached hydrogens (tertiary/aromatic N) is 1. The second kappa shape index (κ2) is 5.64. The molecule has 21 heavy (non-hydrogen) atoms. The van der Waals surface area contributed by atoms with Gasteiger partial charge in [-0.3, -0.25) is 9.36 Å². The highest BCUT2D eigenvalue weighted by atomic mass is 16.5. The molecule has 5 nitrogen and oxygen atoms in total. The Morgan fingerprint density at radius 3 is 2.76 bits per heavy atom. The van der Waals surface area contributed by atoms with Gasteiger partial charge in [-0.2, -0.15) is 0 Å². The van der Waals surface area contributed by atoms with Crippen molar-refractivity contribution in [1.29, 1.82) is 0 Å². The first-order valence-electron chi connectivity index (χ1n) is 7.71. The number of hydrogen-bond acceptors (Lipinski definition) is 3. The van der Waals surface area contributed by atoms with Gasteiger partial charge in [-0.05, 0) is 31.7 Å². The Morgan fingerprint density at radius 2 is 2.05 bits per heavy atom. The van der Waals surface area contributed by atoms with Crippen molar-refractivity contribution in [2.45, 2.75) is 63.2 Å². The van der Waals surface area contributed by atoms with Gasteiger partial charge in [0, 0.05) is 6.07 Å². The van der Waals surface area contributed by atoms with E-state index in [9.17, 15) is 14.7 Å². The van der Waals surface area contributed by atoms with E-state index >= 15 is 0 Å². The van der Waals surface area contributed by atoms with E-state index in [2.05, 4.69) is 0 Å². The van der Waals surface area contributed by atoms with E-state index in [0.29, 0.717) is 6.54 Å². The molecule has 1 spiro atoms. The van der Waals surface area contributed by atoms with Crippen molar-refractivity contribution >= 4 is 5.97 Å². The number of hydrogen-bond donors (Lipinski definition) is 1. The summed E-state index contributed by atoms with van der Waals surface area (Å²) in [6, 6.07) is 4.35. The van der Waals surface area contributed by atoms with E-state index in [1.165, 1.54) is 42.0 Å². The van der Waals surface area contributed by atoms with Crippen LogP contribution < -0.4 is 5.56 Å². The third kappa shape index (κ3) is 2.88. The van der Waals surface area contributed by atoms with Gasteiger partial charge in [-0.15, -0.1) is 0 Å². The first kappa shape index (κ1) is 14.3. The molecule has 5 heteroatoms. The number of carboxylic acids is 1. The van der Waals surface area contributed by atoms with Crippen molar-refractivity contribution < 1.29 is 14.6 Å². The summed E-state index contributed by atoms with van der Waals surface area (Å²) >= 11 is 0. The van der Waals surface area contributed by atoms with Crippen LogP contribution in [0.15, 0.2) is 23.0 Å². The number of ether oxygens (including phenoxy) is 1. The minimum absolute atomic E-state index is 0.00923. The second-order valence-electron chi connectivity index (χ2n) is 6.19. The van der Waals surface area contributed by atoms with Crippen molar-refractivity contribution in [3.8, 4) is 0 Å². The van der Waals surface area contributed by atoms with E-state index < -0.39 is 5.97 Å². The summed E-state index contributed by atoms with van der Waals surface area (Å²) in [5.74, 6) is -1.07. The topological polar surface area (TPSA) is 68.5 Å². The third-order valence-corrected chi connectivity index (χ3v) is 4.76. The molecule has 1 saturated carbocycles. The largest absolute Gasteiger partial charge is 0.477 e. The van der Waals surface area contributed by atoms with Crippen molar-refractivity contribution in [1.82, 2.24) is 4.57 Å². The lowest BCUT2D eigenvalue weighted by Crippen LogP contribution is -2.34. The van der Waals surface area contributed by atoms with Gasteiger partial charge in [-0.1, -0.05) is 25.3 Å². The number of aromatic carboxylic acids is 1. The highest BCUT2D eigenvalue weighted by molar-refractivity contribution is 5.85. The molecule has 2 fully saturated rings. The van der Waals surface area contributed by atoms with E-state index in [0.717, 1.165) is 25.7 Å². The smallest absolute Gasteiger partial charge is 0.352 e. The quantitative estimate of drug-likeness (QED) is 0.928. The molecule has 1 aromatic heterocycles. The summed E-state index contributed by atoms with van der Waals surface area (Å²) in [4.78, 5) is 23.2. The van der Waals surface area contributed by atoms with Crippen molar-refractivity contribution in [2.75, 3.05) is 0 Å². The standard InChI is InChI=1S/C16H21NO4/c18-14-6-4-5-13(15(19)20)17(14)11-12-7-10-16(21-12)8-2-1-3-9-16/h4-6,12H,1-3,7-11H2,(H,19,20). The van der Waals surface area contributed by atoms with Crippen LogP contribution in [0, 0.1) is 0 Å². The maximum atomic E-state index is 11.9. The number of pyridine rings is 1. The lowest BCUT2D eigenvalue weighted by atomic mass is 9.83. The number of carbonyl (C=O) groups is 1. The molecule has 1 saturated heterocycles. The molecule has 1 aromatic rings. The summed E-state index contributed by atoms with van der Waals surface area (Å²) in [6.45, 7) is 0.336. The van der Waals surface area contributed by atoms with Gasteiger partial charge in [-0.25, -0.2) is 4.79 Å². The van der Waals surface area contributed by atoms with Gasteiger partial charge < -0.3 is 9.84 Å². The van der Waals surface area contributed by atoms with Gasteiger partial charge in [0.15, 0.2) is 0 Å². The fourth-order valence-corrected chi connectivity index (χ4v) is 3.69. The molecule has 0 bridgehead atoms. The SMILES string of the molecule is O=C(O)c1cccc(=O)n1CC1CCC2(CCCCC2)O1. The Kier molecular flexibility index (Phi) is 3.85. The summed E-state index contributed by atoms with van der Waals surface area (Å²) in [5.41, 5.74) is -0.246. The zero-order valence-corrected chi connectivity index (χ0v) is 12.1. The van der Waals surface area contributed by atoms with Gasteiger partial charge >= 0.3 is 5.97 Å². The van der Waals surface area contributed by atoms with Crippen LogP contribution in [-0.4, -0.2) is 27.3 Å². The molecule has 0 radical (unpaired) electrons. The summed E-state index contributed by atoms with van der Waals surface area (Å²) in [5, 5.41) is 9.21. The number of carboxylic acid groups (broad SMARTS) is 1. The van der Waals surface area contributed by atoms with E-state index in [-0.39, 0.29) is 23.0 Å². The highest BCUT2D eigenvalue weighted by Crippen LogP contribution is 2.42. The fraction of sp³-hybridized carbons (Fsp3) is 0.625. The second-order valence-corrected chi connectivity index (χ2v) is 6.19. The molecule has 1 aliphatic carbocycles. The molecule has 1 unspecified atom stereocenters. The maximum absolute atomic E-state index is 11.9. The molecule has 1 atom stereocenters. The summed E-state index contributed by atoms with van der Waals surface area (Å²) in [7, 11) is 0. The molecule has 0 aromatic carbocycles. The lowest BCUT2D eigenvalue weighted by Gasteiger charge is -2.33. The minimum Gasteiger partial charge on any atom is -0.477 e. The molecule has 1 aliphatic heterocycles. The summed E-state index contributed by atoms with van der Waals surface area (Å²) < 4.78 is 7.56. The van der Waals surface area contributed by atoms with Crippen LogP contribution in [0.25, 0.3) is 0 Å².